The Bertz CT molecular complexity index is 770. The molecule has 0 spiro atoms. The first kappa shape index (κ1) is 22.5. The van der Waals surface area contributed by atoms with Crippen LogP contribution in [0.4, 0.5) is 14.5 Å². The predicted molar refractivity (Wildman–Crippen MR) is 94.2 cm³/mol. The van der Waals surface area contributed by atoms with Crippen molar-refractivity contribution in [1.29, 1.82) is 0 Å². The van der Waals surface area contributed by atoms with Gasteiger partial charge in [0.2, 0.25) is 0 Å². The summed E-state index contributed by atoms with van der Waals surface area (Å²) in [6.45, 7) is 1.67. The third-order valence-electron chi connectivity index (χ3n) is 3.62. The number of unbranched alkanes of at least 4 members (excludes halogenated alkanes) is 2. The van der Waals surface area contributed by atoms with E-state index >= 15 is 0 Å². The van der Waals surface area contributed by atoms with Gasteiger partial charge in [-0.1, -0.05) is 13.3 Å². The standard InChI is InChI=1S/C15H21F2NO6S2/c1-2-3-9-26(23,24)10-5-4-8-18(25(21)22)12-7-6-11(16)13(14(12)17)15(19)20/h6-7H,2-5,8-10H2,1H3,(H,19,20)(H,21,22). The van der Waals surface area contributed by atoms with Crippen LogP contribution >= 0.6 is 0 Å². The molecule has 1 atom stereocenters. The quantitative estimate of drug-likeness (QED) is 0.426. The Morgan fingerprint density at radius 3 is 2.35 bits per heavy atom. The monoisotopic (exact) mass is 413 g/mol. The van der Waals surface area contributed by atoms with Crippen LogP contribution in [-0.2, 0) is 21.1 Å². The van der Waals surface area contributed by atoms with Crippen LogP contribution in [0.5, 0.6) is 0 Å². The van der Waals surface area contributed by atoms with Crippen molar-refractivity contribution in [3.8, 4) is 0 Å². The molecule has 0 saturated heterocycles. The van der Waals surface area contributed by atoms with E-state index in [1.54, 1.807) is 0 Å². The van der Waals surface area contributed by atoms with Crippen molar-refractivity contribution in [1.82, 2.24) is 0 Å². The maximum atomic E-state index is 14.2. The molecule has 1 rings (SSSR count). The smallest absolute Gasteiger partial charge is 0.341 e. The average molecular weight is 413 g/mol. The highest BCUT2D eigenvalue weighted by Gasteiger charge is 2.25. The summed E-state index contributed by atoms with van der Waals surface area (Å²) in [4.78, 5) is 10.9. The summed E-state index contributed by atoms with van der Waals surface area (Å²) in [5, 5.41) is 8.86. The van der Waals surface area contributed by atoms with E-state index < -0.39 is 50.0 Å². The van der Waals surface area contributed by atoms with Crippen LogP contribution in [-0.4, -0.2) is 46.3 Å². The van der Waals surface area contributed by atoms with Gasteiger partial charge in [0.15, 0.2) is 5.82 Å². The van der Waals surface area contributed by atoms with E-state index in [9.17, 15) is 30.8 Å². The molecule has 2 N–H and O–H groups in total. The summed E-state index contributed by atoms with van der Waals surface area (Å²) in [7, 11) is -3.22. The minimum Gasteiger partial charge on any atom is -0.477 e. The molecule has 0 heterocycles. The fourth-order valence-corrected chi connectivity index (χ4v) is 4.43. The Kier molecular flexibility index (Phi) is 8.57. The number of sulfone groups is 1. The molecule has 0 aliphatic heterocycles. The highest BCUT2D eigenvalue weighted by molar-refractivity contribution is 7.91. The Hall–Kier alpha value is -1.59. The van der Waals surface area contributed by atoms with Crippen LogP contribution in [0.1, 0.15) is 43.0 Å². The van der Waals surface area contributed by atoms with Crippen LogP contribution in [0, 0.1) is 11.6 Å². The highest BCUT2D eigenvalue weighted by Crippen LogP contribution is 2.26. The zero-order chi connectivity index (χ0) is 19.9. The molecule has 0 aliphatic rings. The molecule has 26 heavy (non-hydrogen) atoms. The number of anilines is 1. The van der Waals surface area contributed by atoms with Crippen LogP contribution in [0.2, 0.25) is 0 Å². The van der Waals surface area contributed by atoms with Gasteiger partial charge in [-0.2, -0.15) is 0 Å². The maximum absolute atomic E-state index is 14.2. The summed E-state index contributed by atoms with van der Waals surface area (Å²) in [6.07, 6.45) is 1.63. The Balaban J connectivity index is 2.84. The van der Waals surface area contributed by atoms with Crippen LogP contribution in [0.15, 0.2) is 12.1 Å². The lowest BCUT2D eigenvalue weighted by molar-refractivity contribution is 0.0686. The number of carboxylic acids is 1. The third-order valence-corrected chi connectivity index (χ3v) is 6.19. The lowest BCUT2D eigenvalue weighted by Crippen LogP contribution is -2.28. The summed E-state index contributed by atoms with van der Waals surface area (Å²) in [6, 6.07) is 1.56. The summed E-state index contributed by atoms with van der Waals surface area (Å²) < 4.78 is 72.6. The van der Waals surface area contributed by atoms with Gasteiger partial charge in [0.1, 0.15) is 21.2 Å². The van der Waals surface area contributed by atoms with E-state index in [4.69, 9.17) is 5.11 Å². The molecule has 0 saturated carbocycles. The summed E-state index contributed by atoms with van der Waals surface area (Å²) in [5.41, 5.74) is -1.77. The number of aromatic carboxylic acids is 1. The van der Waals surface area contributed by atoms with E-state index in [1.165, 1.54) is 0 Å². The minimum atomic E-state index is -3.22. The van der Waals surface area contributed by atoms with Gasteiger partial charge in [-0.15, -0.1) is 0 Å². The third kappa shape index (κ3) is 6.29. The highest BCUT2D eigenvalue weighted by atomic mass is 32.2. The normalized spacial score (nSPS) is 12.8. The molecule has 0 amide bonds. The van der Waals surface area contributed by atoms with Crippen molar-refractivity contribution in [2.45, 2.75) is 32.6 Å². The van der Waals surface area contributed by atoms with Crippen molar-refractivity contribution < 1.29 is 35.9 Å². The van der Waals surface area contributed by atoms with E-state index in [2.05, 4.69) is 0 Å². The van der Waals surface area contributed by atoms with E-state index in [1.807, 2.05) is 6.92 Å². The number of rotatable bonds is 11. The molecular weight excluding hydrogens is 392 g/mol. The van der Waals surface area contributed by atoms with Crippen molar-refractivity contribution in [2.24, 2.45) is 0 Å². The largest absolute Gasteiger partial charge is 0.477 e. The van der Waals surface area contributed by atoms with Crippen LogP contribution in [0.25, 0.3) is 0 Å². The Labute approximate surface area is 153 Å². The molecule has 0 aliphatic carbocycles. The Morgan fingerprint density at radius 2 is 1.81 bits per heavy atom. The second kappa shape index (κ2) is 9.93. The van der Waals surface area contributed by atoms with Crippen molar-refractivity contribution in [3.05, 3.63) is 29.3 Å². The molecule has 7 nitrogen and oxygen atoms in total. The first-order valence-electron chi connectivity index (χ1n) is 7.91. The van der Waals surface area contributed by atoms with Gasteiger partial charge >= 0.3 is 5.97 Å². The number of carboxylic acid groups (broad SMARTS) is 1. The van der Waals surface area contributed by atoms with Gasteiger partial charge in [-0.05, 0) is 31.4 Å². The molecule has 1 unspecified atom stereocenters. The van der Waals surface area contributed by atoms with Crippen molar-refractivity contribution in [2.75, 3.05) is 22.4 Å². The SMILES string of the molecule is CCCCS(=O)(=O)CCCCN(c1ccc(F)c(C(=O)O)c1F)S(=O)O. The fraction of sp³-hybridized carbons (Fsp3) is 0.533. The van der Waals surface area contributed by atoms with E-state index in [-0.39, 0.29) is 30.9 Å². The topological polar surface area (TPSA) is 112 Å². The fourth-order valence-electron chi connectivity index (χ4n) is 2.26. The van der Waals surface area contributed by atoms with Crippen molar-refractivity contribution >= 4 is 32.8 Å². The van der Waals surface area contributed by atoms with Gasteiger partial charge in [0.05, 0.1) is 17.2 Å². The first-order valence-corrected chi connectivity index (χ1v) is 10.8. The summed E-state index contributed by atoms with van der Waals surface area (Å²) >= 11 is -2.69. The number of nitrogens with zero attached hydrogens (tertiary/aromatic N) is 1. The van der Waals surface area contributed by atoms with Gasteiger partial charge < -0.3 is 5.11 Å². The second-order valence-corrected chi connectivity index (χ2v) is 8.81. The van der Waals surface area contributed by atoms with E-state index in [0.717, 1.165) is 12.5 Å². The number of carbonyl (C=O) groups is 1. The molecule has 0 aromatic heterocycles. The zero-order valence-electron chi connectivity index (χ0n) is 14.2. The molecule has 11 heteroatoms. The average Bonchev–Trinajstić information content (AvgIpc) is 2.53. The lowest BCUT2D eigenvalue weighted by atomic mass is 10.1. The van der Waals surface area contributed by atoms with Crippen molar-refractivity contribution in [3.63, 3.8) is 0 Å². The number of hydrogen-bond acceptors (Lipinski definition) is 4. The molecule has 1 aromatic rings. The minimum absolute atomic E-state index is 0.0632. The Morgan fingerprint density at radius 1 is 1.19 bits per heavy atom. The molecule has 0 radical (unpaired) electrons. The zero-order valence-corrected chi connectivity index (χ0v) is 15.8. The van der Waals surface area contributed by atoms with Gasteiger partial charge in [0, 0.05) is 6.54 Å². The van der Waals surface area contributed by atoms with Gasteiger partial charge in [0.25, 0.3) is 11.3 Å². The molecule has 1 aromatic carbocycles. The van der Waals surface area contributed by atoms with Gasteiger partial charge in [-0.25, -0.2) is 26.2 Å². The number of benzene rings is 1. The number of hydrogen-bond donors (Lipinski definition) is 2. The van der Waals surface area contributed by atoms with Crippen LogP contribution in [0.3, 0.4) is 0 Å². The first-order chi connectivity index (χ1) is 12.1. The molecular formula is C15H21F2NO6S2. The predicted octanol–water partition coefficient (Wildman–Crippen LogP) is 2.60. The molecule has 0 bridgehead atoms. The van der Waals surface area contributed by atoms with E-state index in [0.29, 0.717) is 16.8 Å². The summed E-state index contributed by atoms with van der Waals surface area (Å²) in [5.74, 6) is -4.65. The lowest BCUT2D eigenvalue weighted by Gasteiger charge is -2.21. The second-order valence-electron chi connectivity index (χ2n) is 5.61. The molecule has 0 fully saturated rings. The number of halogens is 2. The van der Waals surface area contributed by atoms with Gasteiger partial charge in [-0.3, -0.25) is 8.86 Å². The molecule has 148 valence electrons. The maximum Gasteiger partial charge on any atom is 0.341 e. The van der Waals surface area contributed by atoms with Crippen LogP contribution < -0.4 is 4.31 Å².